The molecule has 13 heavy (non-hydrogen) atoms. The summed E-state index contributed by atoms with van der Waals surface area (Å²) in [4.78, 5) is 20.6. The third-order valence-electron chi connectivity index (χ3n) is 1.59. The maximum atomic E-state index is 10.8. The first kappa shape index (κ1) is 11.9. The van der Waals surface area contributed by atoms with E-state index in [9.17, 15) is 9.59 Å². The van der Waals surface area contributed by atoms with Crippen LogP contribution in [-0.2, 0) is 14.3 Å². The summed E-state index contributed by atoms with van der Waals surface area (Å²) < 4.78 is 4.83. The fraction of sp³-hybridized carbons (Fsp3) is 0.778. The summed E-state index contributed by atoms with van der Waals surface area (Å²) in [7, 11) is 0. The summed E-state index contributed by atoms with van der Waals surface area (Å²) in [6.07, 6.45) is 4.81. The van der Waals surface area contributed by atoms with Crippen LogP contribution in [0.3, 0.4) is 0 Å². The van der Waals surface area contributed by atoms with Gasteiger partial charge in [0.05, 0.1) is 6.61 Å². The fourth-order valence-corrected chi connectivity index (χ4v) is 0.891. The quantitative estimate of drug-likeness (QED) is 0.348. The average Bonchev–Trinajstić information content (AvgIpc) is 2.14. The summed E-state index contributed by atoms with van der Waals surface area (Å²) in [5.74, 6) is -0.372. The van der Waals surface area contributed by atoms with Gasteiger partial charge >= 0.3 is 5.97 Å². The number of hydrogen-bond donors (Lipinski definition) is 1. The van der Waals surface area contributed by atoms with Gasteiger partial charge in [-0.05, 0) is 6.42 Å². The van der Waals surface area contributed by atoms with Crippen molar-refractivity contribution in [2.75, 3.05) is 13.2 Å². The van der Waals surface area contributed by atoms with E-state index < -0.39 is 0 Å². The number of carbonyl (C=O) groups is 2. The number of rotatable bonds is 8. The molecule has 0 aromatic heterocycles. The molecule has 0 fully saturated rings. The largest absolute Gasteiger partial charge is 0.464 e. The molecule has 0 saturated carbocycles. The zero-order valence-electron chi connectivity index (χ0n) is 8.04. The summed E-state index contributed by atoms with van der Waals surface area (Å²) in [6.45, 7) is 2.55. The monoisotopic (exact) mass is 187 g/mol. The van der Waals surface area contributed by atoms with Gasteiger partial charge in [0, 0.05) is 0 Å². The Morgan fingerprint density at radius 1 is 1.38 bits per heavy atom. The molecule has 4 nitrogen and oxygen atoms in total. The maximum absolute atomic E-state index is 10.8. The molecule has 0 aliphatic carbocycles. The standard InChI is InChI=1S/C9H17NO3/c1-2-3-4-5-6-13-9(12)7-10-8-11/h8H,2-7H2,1H3,(H,10,11). The van der Waals surface area contributed by atoms with Crippen LogP contribution in [0.4, 0.5) is 0 Å². The van der Waals surface area contributed by atoms with Crippen molar-refractivity contribution in [3.8, 4) is 0 Å². The highest BCUT2D eigenvalue weighted by Gasteiger charge is 1.99. The van der Waals surface area contributed by atoms with Crippen molar-refractivity contribution in [3.05, 3.63) is 0 Å². The first-order chi connectivity index (χ1) is 6.31. The van der Waals surface area contributed by atoms with Crippen molar-refractivity contribution in [3.63, 3.8) is 0 Å². The van der Waals surface area contributed by atoms with Crippen molar-refractivity contribution in [2.24, 2.45) is 0 Å². The zero-order valence-corrected chi connectivity index (χ0v) is 8.04. The highest BCUT2D eigenvalue weighted by atomic mass is 16.5. The Kier molecular flexibility index (Phi) is 8.30. The van der Waals surface area contributed by atoms with E-state index in [4.69, 9.17) is 4.74 Å². The van der Waals surface area contributed by atoms with Crippen LogP contribution in [0.25, 0.3) is 0 Å². The smallest absolute Gasteiger partial charge is 0.325 e. The fourth-order valence-electron chi connectivity index (χ4n) is 0.891. The molecule has 1 amide bonds. The molecule has 0 bridgehead atoms. The van der Waals surface area contributed by atoms with E-state index in [2.05, 4.69) is 12.2 Å². The van der Waals surface area contributed by atoms with Gasteiger partial charge in [-0.2, -0.15) is 0 Å². The second kappa shape index (κ2) is 9.03. The van der Waals surface area contributed by atoms with E-state index in [0.29, 0.717) is 13.0 Å². The molecule has 0 atom stereocenters. The molecule has 76 valence electrons. The molecule has 0 aliphatic heterocycles. The number of unbranched alkanes of at least 4 members (excludes halogenated alkanes) is 3. The normalized spacial score (nSPS) is 9.31. The third kappa shape index (κ3) is 8.85. The van der Waals surface area contributed by atoms with Crippen LogP contribution in [0.15, 0.2) is 0 Å². The van der Waals surface area contributed by atoms with Crippen LogP contribution in [0.1, 0.15) is 32.6 Å². The Hall–Kier alpha value is -1.06. The van der Waals surface area contributed by atoms with Gasteiger partial charge in [-0.3, -0.25) is 9.59 Å². The first-order valence-corrected chi connectivity index (χ1v) is 4.64. The lowest BCUT2D eigenvalue weighted by Gasteiger charge is -2.03. The molecule has 1 N–H and O–H groups in total. The predicted octanol–water partition coefficient (Wildman–Crippen LogP) is 0.856. The molecule has 0 unspecified atom stereocenters. The Morgan fingerprint density at radius 2 is 2.15 bits per heavy atom. The predicted molar refractivity (Wildman–Crippen MR) is 49.2 cm³/mol. The van der Waals surface area contributed by atoms with Crippen LogP contribution >= 0.6 is 0 Å². The van der Waals surface area contributed by atoms with Crippen LogP contribution in [0, 0.1) is 0 Å². The van der Waals surface area contributed by atoms with E-state index in [1.807, 2.05) is 0 Å². The molecule has 4 heteroatoms. The van der Waals surface area contributed by atoms with E-state index in [1.165, 1.54) is 12.8 Å². The zero-order chi connectivity index (χ0) is 9.94. The number of carbonyl (C=O) groups excluding carboxylic acids is 2. The van der Waals surface area contributed by atoms with E-state index in [0.717, 1.165) is 12.8 Å². The second-order valence-electron chi connectivity index (χ2n) is 2.78. The highest BCUT2D eigenvalue weighted by Crippen LogP contribution is 1.98. The van der Waals surface area contributed by atoms with E-state index >= 15 is 0 Å². The third-order valence-corrected chi connectivity index (χ3v) is 1.59. The van der Waals surface area contributed by atoms with Crippen LogP contribution in [0.5, 0.6) is 0 Å². The Labute approximate surface area is 78.6 Å². The summed E-state index contributed by atoms with van der Waals surface area (Å²) in [6, 6.07) is 0. The van der Waals surface area contributed by atoms with E-state index in [1.54, 1.807) is 0 Å². The van der Waals surface area contributed by atoms with Crippen molar-refractivity contribution in [1.82, 2.24) is 5.32 Å². The molecule has 0 aromatic carbocycles. The van der Waals surface area contributed by atoms with Crippen LogP contribution < -0.4 is 5.32 Å². The molecule has 0 heterocycles. The van der Waals surface area contributed by atoms with Crippen molar-refractivity contribution in [1.29, 1.82) is 0 Å². The lowest BCUT2D eigenvalue weighted by atomic mass is 10.2. The van der Waals surface area contributed by atoms with Gasteiger partial charge in [0.25, 0.3) is 0 Å². The number of amides is 1. The van der Waals surface area contributed by atoms with Gasteiger partial charge in [0.15, 0.2) is 0 Å². The molecule has 0 rings (SSSR count). The lowest BCUT2D eigenvalue weighted by molar-refractivity contribution is -0.143. The van der Waals surface area contributed by atoms with Crippen molar-refractivity contribution >= 4 is 12.4 Å². The lowest BCUT2D eigenvalue weighted by Crippen LogP contribution is -2.23. The number of ether oxygens (including phenoxy) is 1. The number of hydrogen-bond acceptors (Lipinski definition) is 3. The number of nitrogens with one attached hydrogen (secondary N) is 1. The molecule has 0 radical (unpaired) electrons. The topological polar surface area (TPSA) is 55.4 Å². The Morgan fingerprint density at radius 3 is 2.77 bits per heavy atom. The maximum Gasteiger partial charge on any atom is 0.325 e. The van der Waals surface area contributed by atoms with Crippen molar-refractivity contribution in [2.45, 2.75) is 32.6 Å². The first-order valence-electron chi connectivity index (χ1n) is 4.64. The Balaban J connectivity index is 3.12. The van der Waals surface area contributed by atoms with Crippen LogP contribution in [-0.4, -0.2) is 25.5 Å². The minimum absolute atomic E-state index is 0.0305. The molecule has 0 spiro atoms. The van der Waals surface area contributed by atoms with E-state index in [-0.39, 0.29) is 12.5 Å². The molecule has 0 aromatic rings. The second-order valence-corrected chi connectivity index (χ2v) is 2.78. The minimum Gasteiger partial charge on any atom is -0.464 e. The van der Waals surface area contributed by atoms with Gasteiger partial charge in [0.2, 0.25) is 6.41 Å². The highest BCUT2D eigenvalue weighted by molar-refractivity contribution is 5.73. The van der Waals surface area contributed by atoms with Gasteiger partial charge in [-0.15, -0.1) is 0 Å². The van der Waals surface area contributed by atoms with Gasteiger partial charge in [0.1, 0.15) is 6.54 Å². The van der Waals surface area contributed by atoms with Crippen LogP contribution in [0.2, 0.25) is 0 Å². The molecule has 0 saturated heterocycles. The number of esters is 1. The molecular formula is C9H17NO3. The summed E-state index contributed by atoms with van der Waals surface area (Å²) >= 11 is 0. The SMILES string of the molecule is CCCCCCOC(=O)CNC=O. The summed E-state index contributed by atoms with van der Waals surface area (Å²) in [5.41, 5.74) is 0. The molecule has 0 aliphatic rings. The molecular weight excluding hydrogens is 170 g/mol. The van der Waals surface area contributed by atoms with Crippen molar-refractivity contribution < 1.29 is 14.3 Å². The summed E-state index contributed by atoms with van der Waals surface area (Å²) in [5, 5.41) is 2.24. The van der Waals surface area contributed by atoms with Gasteiger partial charge < -0.3 is 10.1 Å². The van der Waals surface area contributed by atoms with Gasteiger partial charge in [-0.25, -0.2) is 0 Å². The Bertz CT molecular complexity index is 148. The average molecular weight is 187 g/mol. The van der Waals surface area contributed by atoms with Gasteiger partial charge in [-0.1, -0.05) is 26.2 Å². The minimum atomic E-state index is -0.372.